The Labute approximate surface area is 102 Å². The molecule has 0 aliphatic carbocycles. The lowest BCUT2D eigenvalue weighted by Gasteiger charge is -2.08. The first-order chi connectivity index (χ1) is 8.17. The van der Waals surface area contributed by atoms with Crippen LogP contribution in [0.5, 0.6) is 0 Å². The molecule has 1 rings (SSSR count). The molecule has 0 aliphatic rings. The summed E-state index contributed by atoms with van der Waals surface area (Å²) in [6.45, 7) is 3.74. The minimum Gasteiger partial charge on any atom is -0.384 e. The van der Waals surface area contributed by atoms with Gasteiger partial charge < -0.3 is 10.4 Å². The summed E-state index contributed by atoms with van der Waals surface area (Å²) in [6, 6.07) is 5.60. The van der Waals surface area contributed by atoms with Crippen LogP contribution in [0.15, 0.2) is 18.2 Å². The first-order valence-corrected chi connectivity index (χ1v) is 5.67. The van der Waals surface area contributed by atoms with Crippen LogP contribution in [0.3, 0.4) is 0 Å². The van der Waals surface area contributed by atoms with Gasteiger partial charge in [0.1, 0.15) is 6.61 Å². The van der Waals surface area contributed by atoms with Gasteiger partial charge in [-0.3, -0.25) is 4.79 Å². The average molecular weight is 231 g/mol. The van der Waals surface area contributed by atoms with Gasteiger partial charge in [0.25, 0.3) is 0 Å². The molecule has 1 amide bonds. The standard InChI is InChI=1S/C14H17NO2/c1-3-5-14(17)15-13-10-12(6-4-9-16)8-7-11(13)2/h7-8,10,16H,3,5,9H2,1-2H3,(H,15,17). The van der Waals surface area contributed by atoms with Gasteiger partial charge in [0.15, 0.2) is 0 Å². The van der Waals surface area contributed by atoms with Gasteiger partial charge in [-0.25, -0.2) is 0 Å². The van der Waals surface area contributed by atoms with Gasteiger partial charge in [0.05, 0.1) is 0 Å². The topological polar surface area (TPSA) is 49.3 Å². The van der Waals surface area contributed by atoms with Crippen molar-refractivity contribution in [2.24, 2.45) is 0 Å². The van der Waals surface area contributed by atoms with Crippen molar-refractivity contribution in [3.8, 4) is 11.8 Å². The van der Waals surface area contributed by atoms with Crippen LogP contribution in [-0.4, -0.2) is 17.6 Å². The van der Waals surface area contributed by atoms with Crippen molar-refractivity contribution >= 4 is 11.6 Å². The Balaban J connectivity index is 2.86. The van der Waals surface area contributed by atoms with E-state index < -0.39 is 0 Å². The molecule has 90 valence electrons. The van der Waals surface area contributed by atoms with E-state index >= 15 is 0 Å². The number of benzene rings is 1. The Hall–Kier alpha value is -1.79. The normalized spacial score (nSPS) is 9.35. The van der Waals surface area contributed by atoms with Crippen molar-refractivity contribution in [1.29, 1.82) is 0 Å². The molecule has 1 aromatic rings. The van der Waals surface area contributed by atoms with Gasteiger partial charge in [-0.1, -0.05) is 24.8 Å². The highest BCUT2D eigenvalue weighted by Gasteiger charge is 2.03. The largest absolute Gasteiger partial charge is 0.384 e. The molecular weight excluding hydrogens is 214 g/mol. The summed E-state index contributed by atoms with van der Waals surface area (Å²) in [5.41, 5.74) is 2.58. The van der Waals surface area contributed by atoms with Crippen molar-refractivity contribution in [1.82, 2.24) is 0 Å². The van der Waals surface area contributed by atoms with Gasteiger partial charge in [-0.15, -0.1) is 0 Å². The highest BCUT2D eigenvalue weighted by molar-refractivity contribution is 5.91. The maximum atomic E-state index is 11.5. The van der Waals surface area contributed by atoms with Crippen LogP contribution >= 0.6 is 0 Å². The number of rotatable bonds is 3. The average Bonchev–Trinajstić information content (AvgIpc) is 2.30. The molecule has 17 heavy (non-hydrogen) atoms. The summed E-state index contributed by atoms with van der Waals surface area (Å²) in [5, 5.41) is 11.5. The first-order valence-electron chi connectivity index (χ1n) is 5.67. The smallest absolute Gasteiger partial charge is 0.224 e. The fourth-order valence-corrected chi connectivity index (χ4v) is 1.42. The Kier molecular flexibility index (Phi) is 5.25. The number of anilines is 1. The van der Waals surface area contributed by atoms with Crippen molar-refractivity contribution in [3.05, 3.63) is 29.3 Å². The van der Waals surface area contributed by atoms with Gasteiger partial charge in [-0.05, 0) is 31.0 Å². The highest BCUT2D eigenvalue weighted by atomic mass is 16.2. The van der Waals surface area contributed by atoms with Crippen molar-refractivity contribution in [3.63, 3.8) is 0 Å². The molecule has 2 N–H and O–H groups in total. The monoisotopic (exact) mass is 231 g/mol. The summed E-state index contributed by atoms with van der Waals surface area (Å²) in [5.74, 6) is 5.41. The SMILES string of the molecule is CCCC(=O)Nc1cc(C#CCO)ccc1C. The first kappa shape index (κ1) is 13.3. The molecule has 0 atom stereocenters. The van der Waals surface area contributed by atoms with Gasteiger partial charge in [-0.2, -0.15) is 0 Å². The van der Waals surface area contributed by atoms with Crippen molar-refractivity contribution in [2.75, 3.05) is 11.9 Å². The van der Waals surface area contributed by atoms with E-state index in [4.69, 9.17) is 5.11 Å². The maximum Gasteiger partial charge on any atom is 0.224 e. The van der Waals surface area contributed by atoms with Crippen LogP contribution in [0.1, 0.15) is 30.9 Å². The third-order valence-corrected chi connectivity index (χ3v) is 2.30. The number of hydrogen-bond acceptors (Lipinski definition) is 2. The van der Waals surface area contributed by atoms with E-state index in [1.807, 2.05) is 32.0 Å². The molecular formula is C14H17NO2. The Bertz CT molecular complexity index is 455. The van der Waals surface area contributed by atoms with Crippen molar-refractivity contribution in [2.45, 2.75) is 26.7 Å². The van der Waals surface area contributed by atoms with Gasteiger partial charge in [0.2, 0.25) is 5.91 Å². The molecule has 0 heterocycles. The Morgan fingerprint density at radius 1 is 1.47 bits per heavy atom. The quantitative estimate of drug-likeness (QED) is 0.782. The van der Waals surface area contributed by atoms with E-state index in [9.17, 15) is 4.79 Å². The third-order valence-electron chi connectivity index (χ3n) is 2.30. The summed E-state index contributed by atoms with van der Waals surface area (Å²) in [6.07, 6.45) is 1.35. The molecule has 0 unspecified atom stereocenters. The predicted molar refractivity (Wildman–Crippen MR) is 68.7 cm³/mol. The fraction of sp³-hybridized carbons (Fsp3) is 0.357. The van der Waals surface area contributed by atoms with E-state index in [1.165, 1.54) is 0 Å². The van der Waals surface area contributed by atoms with E-state index in [2.05, 4.69) is 17.2 Å². The van der Waals surface area contributed by atoms with Gasteiger partial charge >= 0.3 is 0 Å². The van der Waals surface area contributed by atoms with Crippen LogP contribution in [0.25, 0.3) is 0 Å². The molecule has 0 spiro atoms. The summed E-state index contributed by atoms with van der Waals surface area (Å²) in [7, 11) is 0. The number of carbonyl (C=O) groups excluding carboxylic acids is 1. The van der Waals surface area contributed by atoms with Gasteiger partial charge in [0, 0.05) is 17.7 Å². The van der Waals surface area contributed by atoms with Crippen LogP contribution < -0.4 is 5.32 Å². The molecule has 3 heteroatoms. The zero-order chi connectivity index (χ0) is 12.7. The Morgan fingerprint density at radius 2 is 2.24 bits per heavy atom. The molecule has 0 bridgehead atoms. The lowest BCUT2D eigenvalue weighted by molar-refractivity contribution is -0.116. The number of aryl methyl sites for hydroxylation is 1. The summed E-state index contributed by atoms with van der Waals surface area (Å²) >= 11 is 0. The van der Waals surface area contributed by atoms with Crippen molar-refractivity contribution < 1.29 is 9.90 Å². The zero-order valence-corrected chi connectivity index (χ0v) is 10.2. The second-order valence-electron chi connectivity index (χ2n) is 3.79. The number of amides is 1. The summed E-state index contributed by atoms with van der Waals surface area (Å²) in [4.78, 5) is 11.5. The Morgan fingerprint density at radius 3 is 2.88 bits per heavy atom. The van der Waals surface area contributed by atoms with E-state index in [1.54, 1.807) is 0 Å². The van der Waals surface area contributed by atoms with Crippen LogP contribution in [0, 0.1) is 18.8 Å². The van der Waals surface area contributed by atoms with Crippen LogP contribution in [-0.2, 0) is 4.79 Å². The van der Waals surface area contributed by atoms with Crippen LogP contribution in [0.2, 0.25) is 0 Å². The number of nitrogens with one attached hydrogen (secondary N) is 1. The minimum atomic E-state index is -0.161. The second-order valence-corrected chi connectivity index (χ2v) is 3.79. The molecule has 0 radical (unpaired) electrons. The molecule has 0 fully saturated rings. The molecule has 1 aromatic carbocycles. The third kappa shape index (κ3) is 4.29. The second kappa shape index (κ2) is 6.72. The lowest BCUT2D eigenvalue weighted by atomic mass is 10.1. The number of aliphatic hydroxyl groups excluding tert-OH is 1. The molecule has 0 aromatic heterocycles. The molecule has 0 saturated heterocycles. The number of hydrogen-bond donors (Lipinski definition) is 2. The maximum absolute atomic E-state index is 11.5. The number of carbonyl (C=O) groups is 1. The van der Waals surface area contributed by atoms with Crippen LogP contribution in [0.4, 0.5) is 5.69 Å². The summed E-state index contributed by atoms with van der Waals surface area (Å²) < 4.78 is 0. The van der Waals surface area contributed by atoms with E-state index in [0.717, 1.165) is 23.2 Å². The molecule has 0 saturated carbocycles. The lowest BCUT2D eigenvalue weighted by Crippen LogP contribution is -2.11. The highest BCUT2D eigenvalue weighted by Crippen LogP contribution is 2.16. The van der Waals surface area contributed by atoms with E-state index in [-0.39, 0.29) is 12.5 Å². The zero-order valence-electron chi connectivity index (χ0n) is 10.2. The molecule has 3 nitrogen and oxygen atoms in total. The predicted octanol–water partition coefficient (Wildman–Crippen LogP) is 2.08. The minimum absolute atomic E-state index is 0.0165. The number of aliphatic hydroxyl groups is 1. The van der Waals surface area contributed by atoms with E-state index in [0.29, 0.717) is 6.42 Å². The fourth-order valence-electron chi connectivity index (χ4n) is 1.42. The molecule has 0 aliphatic heterocycles.